The predicted molar refractivity (Wildman–Crippen MR) is 116 cm³/mol. The van der Waals surface area contributed by atoms with Crippen LogP contribution in [0, 0.1) is 6.92 Å². The van der Waals surface area contributed by atoms with E-state index < -0.39 is 0 Å². The van der Waals surface area contributed by atoms with Crippen molar-refractivity contribution in [2.75, 3.05) is 31.5 Å². The maximum absolute atomic E-state index is 12.6. The number of likely N-dealkylation sites (tertiary alicyclic amines) is 2. The maximum atomic E-state index is 12.6. The Morgan fingerprint density at radius 3 is 2.68 bits per heavy atom. The third-order valence-corrected chi connectivity index (χ3v) is 6.00. The molecule has 1 aromatic carbocycles. The first-order valence-corrected chi connectivity index (χ1v) is 10.7. The minimum absolute atomic E-state index is 0.0188. The summed E-state index contributed by atoms with van der Waals surface area (Å²) < 4.78 is 0. The molecule has 0 radical (unpaired) electrons. The van der Waals surface area contributed by atoms with Crippen LogP contribution in [0.3, 0.4) is 0 Å². The van der Waals surface area contributed by atoms with Crippen molar-refractivity contribution in [2.24, 2.45) is 0 Å². The second kappa shape index (κ2) is 9.01. The molecule has 0 spiro atoms. The van der Waals surface area contributed by atoms with Crippen molar-refractivity contribution >= 4 is 35.0 Å². The number of rotatable bonds is 5. The lowest BCUT2D eigenvalue weighted by atomic mass is 10.1. The molecule has 9 heteroatoms. The van der Waals surface area contributed by atoms with E-state index in [0.29, 0.717) is 53.8 Å². The molecule has 2 saturated heterocycles. The van der Waals surface area contributed by atoms with E-state index in [1.54, 1.807) is 41.0 Å². The van der Waals surface area contributed by atoms with Crippen LogP contribution >= 0.6 is 11.6 Å². The van der Waals surface area contributed by atoms with E-state index in [1.807, 2.05) is 0 Å². The number of halogens is 1. The number of amides is 3. The second-order valence-corrected chi connectivity index (χ2v) is 8.37. The summed E-state index contributed by atoms with van der Waals surface area (Å²) in [4.78, 5) is 49.3. The highest BCUT2D eigenvalue weighted by Gasteiger charge is 2.32. The van der Waals surface area contributed by atoms with Crippen LogP contribution in [0.2, 0.25) is 5.02 Å². The van der Waals surface area contributed by atoms with E-state index in [9.17, 15) is 14.4 Å². The molecule has 8 nitrogen and oxygen atoms in total. The summed E-state index contributed by atoms with van der Waals surface area (Å²) >= 11 is 5.87. The number of carbonyl (C=O) groups is 3. The standard InChI is InChI=1S/C22H24ClN5O3/c1-14-18(22(31)26-17-6-4-16(23)5-7-17)11-24-21(25-14)15-8-10-28(12-15)20(30)13-27-9-2-3-19(27)29/h4-7,11,15H,2-3,8-10,12-13H2,1H3,(H,26,31). The number of hydrogen-bond acceptors (Lipinski definition) is 5. The number of carbonyl (C=O) groups excluding carboxylic acids is 3. The summed E-state index contributed by atoms with van der Waals surface area (Å²) in [6.07, 6.45) is 3.65. The van der Waals surface area contributed by atoms with Gasteiger partial charge in [-0.15, -0.1) is 0 Å². The molecule has 1 aromatic heterocycles. The van der Waals surface area contributed by atoms with Crippen LogP contribution in [-0.2, 0) is 9.59 Å². The van der Waals surface area contributed by atoms with Gasteiger partial charge in [-0.05, 0) is 44.0 Å². The van der Waals surface area contributed by atoms with Crippen LogP contribution in [-0.4, -0.2) is 63.7 Å². The molecule has 4 rings (SSSR count). The number of benzene rings is 1. The zero-order chi connectivity index (χ0) is 22.0. The normalized spacial score (nSPS) is 18.5. The molecular formula is C22H24ClN5O3. The average molecular weight is 442 g/mol. The van der Waals surface area contributed by atoms with Crippen LogP contribution in [0.15, 0.2) is 30.5 Å². The smallest absolute Gasteiger partial charge is 0.259 e. The minimum Gasteiger partial charge on any atom is -0.340 e. The number of aryl methyl sites for hydroxylation is 1. The van der Waals surface area contributed by atoms with E-state index in [4.69, 9.17) is 11.6 Å². The summed E-state index contributed by atoms with van der Waals surface area (Å²) in [7, 11) is 0. The van der Waals surface area contributed by atoms with Gasteiger partial charge >= 0.3 is 0 Å². The van der Waals surface area contributed by atoms with Crippen LogP contribution in [0.1, 0.15) is 47.1 Å². The third-order valence-electron chi connectivity index (χ3n) is 5.75. The second-order valence-electron chi connectivity index (χ2n) is 7.93. The number of aromatic nitrogens is 2. The maximum Gasteiger partial charge on any atom is 0.259 e. The molecule has 2 aromatic rings. The lowest BCUT2D eigenvalue weighted by Gasteiger charge is -2.21. The molecule has 162 valence electrons. The third kappa shape index (κ3) is 4.85. The first-order chi connectivity index (χ1) is 14.9. The van der Waals surface area contributed by atoms with Gasteiger partial charge in [0.25, 0.3) is 5.91 Å². The molecule has 1 unspecified atom stereocenters. The first kappa shape index (κ1) is 21.2. The highest BCUT2D eigenvalue weighted by atomic mass is 35.5. The summed E-state index contributed by atoms with van der Waals surface area (Å²) in [5.41, 5.74) is 1.63. The Balaban J connectivity index is 1.37. The fourth-order valence-electron chi connectivity index (χ4n) is 3.97. The van der Waals surface area contributed by atoms with Crippen molar-refractivity contribution in [3.8, 4) is 0 Å². The van der Waals surface area contributed by atoms with E-state index in [1.165, 1.54) is 6.20 Å². The van der Waals surface area contributed by atoms with Crippen molar-refractivity contribution in [3.63, 3.8) is 0 Å². The van der Waals surface area contributed by atoms with Gasteiger partial charge in [-0.2, -0.15) is 0 Å². The van der Waals surface area contributed by atoms with Gasteiger partial charge < -0.3 is 15.1 Å². The molecule has 2 aliphatic heterocycles. The topological polar surface area (TPSA) is 95.5 Å². The fourth-order valence-corrected chi connectivity index (χ4v) is 4.09. The molecule has 2 fully saturated rings. The molecule has 31 heavy (non-hydrogen) atoms. The van der Waals surface area contributed by atoms with Gasteiger partial charge in [0.05, 0.1) is 17.8 Å². The van der Waals surface area contributed by atoms with Crippen LogP contribution in [0.25, 0.3) is 0 Å². The molecule has 0 aliphatic carbocycles. The Labute approximate surface area is 185 Å². The molecule has 1 N–H and O–H groups in total. The summed E-state index contributed by atoms with van der Waals surface area (Å²) in [6.45, 7) is 3.72. The van der Waals surface area contributed by atoms with E-state index in [-0.39, 0.29) is 30.2 Å². The predicted octanol–water partition coefficient (Wildman–Crippen LogP) is 2.63. The highest BCUT2D eigenvalue weighted by Crippen LogP contribution is 2.26. The SMILES string of the molecule is Cc1nc(C2CCN(C(=O)CN3CCCC3=O)C2)ncc1C(=O)Nc1ccc(Cl)cc1. The molecular weight excluding hydrogens is 418 g/mol. The summed E-state index contributed by atoms with van der Waals surface area (Å²) in [5, 5.41) is 3.41. The summed E-state index contributed by atoms with van der Waals surface area (Å²) in [5.74, 6) is 0.382. The van der Waals surface area contributed by atoms with Gasteiger partial charge in [0.1, 0.15) is 5.82 Å². The van der Waals surface area contributed by atoms with Crippen LogP contribution in [0.5, 0.6) is 0 Å². The quantitative estimate of drug-likeness (QED) is 0.769. The molecule has 2 aliphatic rings. The van der Waals surface area contributed by atoms with Crippen molar-refractivity contribution in [1.29, 1.82) is 0 Å². The van der Waals surface area contributed by atoms with Gasteiger partial charge in [-0.3, -0.25) is 14.4 Å². The first-order valence-electron chi connectivity index (χ1n) is 10.4. The monoisotopic (exact) mass is 441 g/mol. The lowest BCUT2D eigenvalue weighted by Crippen LogP contribution is -2.39. The lowest BCUT2D eigenvalue weighted by molar-refractivity contribution is -0.137. The Morgan fingerprint density at radius 2 is 2.00 bits per heavy atom. The number of nitrogens with zero attached hydrogens (tertiary/aromatic N) is 4. The number of nitrogens with one attached hydrogen (secondary N) is 1. The molecule has 3 heterocycles. The molecule has 0 saturated carbocycles. The Morgan fingerprint density at radius 1 is 1.23 bits per heavy atom. The van der Waals surface area contributed by atoms with E-state index in [2.05, 4.69) is 15.3 Å². The summed E-state index contributed by atoms with van der Waals surface area (Å²) in [6, 6.07) is 6.86. The van der Waals surface area contributed by atoms with E-state index in [0.717, 1.165) is 12.8 Å². The van der Waals surface area contributed by atoms with Crippen molar-refractivity contribution in [1.82, 2.24) is 19.8 Å². The zero-order valence-corrected chi connectivity index (χ0v) is 18.1. The average Bonchev–Trinajstić information content (AvgIpc) is 3.39. The van der Waals surface area contributed by atoms with Gasteiger partial charge in [-0.1, -0.05) is 11.6 Å². The molecule has 0 bridgehead atoms. The highest BCUT2D eigenvalue weighted by molar-refractivity contribution is 6.30. The number of hydrogen-bond donors (Lipinski definition) is 1. The minimum atomic E-state index is -0.287. The Bertz CT molecular complexity index is 1010. The van der Waals surface area contributed by atoms with Gasteiger partial charge in [0.2, 0.25) is 11.8 Å². The van der Waals surface area contributed by atoms with Crippen molar-refractivity contribution < 1.29 is 14.4 Å². The number of anilines is 1. The zero-order valence-electron chi connectivity index (χ0n) is 17.3. The van der Waals surface area contributed by atoms with Crippen LogP contribution in [0.4, 0.5) is 5.69 Å². The van der Waals surface area contributed by atoms with Crippen molar-refractivity contribution in [2.45, 2.75) is 32.1 Å². The molecule has 1 atom stereocenters. The Hall–Kier alpha value is -3.00. The van der Waals surface area contributed by atoms with Crippen LogP contribution < -0.4 is 5.32 Å². The van der Waals surface area contributed by atoms with Gasteiger partial charge in [0.15, 0.2) is 0 Å². The fraction of sp³-hybridized carbons (Fsp3) is 0.409. The van der Waals surface area contributed by atoms with E-state index >= 15 is 0 Å². The molecule has 3 amide bonds. The van der Waals surface area contributed by atoms with Gasteiger partial charge in [-0.25, -0.2) is 9.97 Å². The largest absolute Gasteiger partial charge is 0.340 e. The van der Waals surface area contributed by atoms with Crippen molar-refractivity contribution in [3.05, 3.63) is 52.6 Å². The van der Waals surface area contributed by atoms with Gasteiger partial charge in [0, 0.05) is 48.9 Å². The Kier molecular flexibility index (Phi) is 6.18.